The van der Waals surface area contributed by atoms with E-state index in [1.54, 1.807) is 0 Å². The molecule has 0 aromatic carbocycles. The van der Waals surface area contributed by atoms with Crippen molar-refractivity contribution in [2.75, 3.05) is 12.4 Å². The van der Waals surface area contributed by atoms with E-state index >= 15 is 0 Å². The molecule has 0 aliphatic carbocycles. The number of carbonyl (C=O) groups excluding carboxylic acids is 1. The third-order valence-corrected chi connectivity index (χ3v) is 4.44. The molecule has 0 radical (unpaired) electrons. The van der Waals surface area contributed by atoms with Crippen LogP contribution in [-0.2, 0) is 0 Å². The van der Waals surface area contributed by atoms with Gasteiger partial charge in [0.1, 0.15) is 0 Å². The highest BCUT2D eigenvalue weighted by molar-refractivity contribution is 7.08. The Labute approximate surface area is 106 Å². The molecule has 1 aromatic rings. The number of thiophene rings is 1. The molecular formula is C12H18ClNOS. The Bertz CT molecular complexity index is 312. The minimum absolute atomic E-state index is 0.00218. The molecule has 0 spiro atoms. The first kappa shape index (κ1) is 13.5. The summed E-state index contributed by atoms with van der Waals surface area (Å²) in [4.78, 5) is 11.8. The van der Waals surface area contributed by atoms with Crippen LogP contribution < -0.4 is 5.32 Å². The van der Waals surface area contributed by atoms with E-state index in [4.69, 9.17) is 11.6 Å². The van der Waals surface area contributed by atoms with E-state index in [1.165, 1.54) is 11.3 Å². The molecule has 1 heterocycles. The Hall–Kier alpha value is -0.540. The molecule has 2 nitrogen and oxygen atoms in total. The number of rotatable bonds is 6. The van der Waals surface area contributed by atoms with Crippen molar-refractivity contribution in [2.45, 2.75) is 26.7 Å². The van der Waals surface area contributed by atoms with Crippen molar-refractivity contribution in [3.05, 3.63) is 22.4 Å². The van der Waals surface area contributed by atoms with E-state index in [0.717, 1.165) is 18.4 Å². The van der Waals surface area contributed by atoms with Gasteiger partial charge < -0.3 is 5.32 Å². The summed E-state index contributed by atoms with van der Waals surface area (Å²) in [6.45, 7) is 4.88. The monoisotopic (exact) mass is 259 g/mol. The Balaban J connectivity index is 2.53. The van der Waals surface area contributed by atoms with Gasteiger partial charge in [-0.3, -0.25) is 4.79 Å². The second-order valence-electron chi connectivity index (χ2n) is 4.04. The average molecular weight is 260 g/mol. The fraction of sp³-hybridized carbons (Fsp3) is 0.583. The molecule has 1 aromatic heterocycles. The second-order valence-corrected chi connectivity index (χ2v) is 5.08. The standard InChI is InChI=1S/C12H18ClNOS/c1-3-12(4-2,8-13)9-14-11(15)10-5-6-16-7-10/h5-7H,3-4,8-9H2,1-2H3,(H,14,15). The lowest BCUT2D eigenvalue weighted by molar-refractivity contribution is 0.0932. The number of carbonyl (C=O) groups is 1. The molecule has 4 heteroatoms. The van der Waals surface area contributed by atoms with Crippen LogP contribution >= 0.6 is 22.9 Å². The first-order valence-corrected chi connectivity index (χ1v) is 7.01. The lowest BCUT2D eigenvalue weighted by Crippen LogP contribution is -2.38. The zero-order valence-electron chi connectivity index (χ0n) is 9.75. The van der Waals surface area contributed by atoms with Gasteiger partial charge in [0.2, 0.25) is 0 Å². The lowest BCUT2D eigenvalue weighted by atomic mass is 9.84. The fourth-order valence-electron chi connectivity index (χ4n) is 1.50. The van der Waals surface area contributed by atoms with Crippen molar-refractivity contribution in [1.29, 1.82) is 0 Å². The Morgan fingerprint density at radius 1 is 1.50 bits per heavy atom. The highest BCUT2D eigenvalue weighted by Crippen LogP contribution is 2.27. The lowest BCUT2D eigenvalue weighted by Gasteiger charge is -2.29. The SMILES string of the molecule is CCC(CC)(CCl)CNC(=O)c1ccsc1. The van der Waals surface area contributed by atoms with Crippen LogP contribution in [0.4, 0.5) is 0 Å². The predicted molar refractivity (Wildman–Crippen MR) is 70.4 cm³/mol. The van der Waals surface area contributed by atoms with Crippen LogP contribution in [0, 0.1) is 5.41 Å². The van der Waals surface area contributed by atoms with Crippen molar-refractivity contribution in [3.8, 4) is 0 Å². The number of hydrogen-bond acceptors (Lipinski definition) is 2. The molecule has 90 valence electrons. The molecule has 16 heavy (non-hydrogen) atoms. The molecule has 1 amide bonds. The third kappa shape index (κ3) is 3.22. The van der Waals surface area contributed by atoms with Gasteiger partial charge in [0.25, 0.3) is 5.91 Å². The predicted octanol–water partition coefficient (Wildman–Crippen LogP) is 3.52. The quantitative estimate of drug-likeness (QED) is 0.778. The van der Waals surface area contributed by atoms with Crippen LogP contribution in [-0.4, -0.2) is 18.3 Å². The smallest absolute Gasteiger partial charge is 0.252 e. The van der Waals surface area contributed by atoms with Crippen LogP contribution in [0.3, 0.4) is 0 Å². The summed E-state index contributed by atoms with van der Waals surface area (Å²) in [5.41, 5.74) is 0.772. The maximum atomic E-state index is 11.8. The Kier molecular flexibility index (Phi) is 5.29. The summed E-state index contributed by atoms with van der Waals surface area (Å²) in [5, 5.41) is 6.72. The summed E-state index contributed by atoms with van der Waals surface area (Å²) in [6, 6.07) is 1.83. The third-order valence-electron chi connectivity index (χ3n) is 3.19. The van der Waals surface area contributed by atoms with Gasteiger partial charge in [-0.25, -0.2) is 0 Å². The molecule has 0 saturated heterocycles. The van der Waals surface area contributed by atoms with Crippen molar-refractivity contribution < 1.29 is 4.79 Å². The largest absolute Gasteiger partial charge is 0.351 e. The normalized spacial score (nSPS) is 11.4. The second kappa shape index (κ2) is 6.26. The Morgan fingerprint density at radius 2 is 2.19 bits per heavy atom. The number of nitrogens with one attached hydrogen (secondary N) is 1. The topological polar surface area (TPSA) is 29.1 Å². The molecule has 0 bridgehead atoms. The minimum Gasteiger partial charge on any atom is -0.351 e. The fourth-order valence-corrected chi connectivity index (χ4v) is 2.61. The van der Waals surface area contributed by atoms with E-state index in [0.29, 0.717) is 12.4 Å². The molecule has 0 aliphatic heterocycles. The van der Waals surface area contributed by atoms with Crippen LogP contribution in [0.2, 0.25) is 0 Å². The maximum Gasteiger partial charge on any atom is 0.252 e. The van der Waals surface area contributed by atoms with Gasteiger partial charge in [0.05, 0.1) is 0 Å². The molecule has 1 rings (SSSR count). The molecular weight excluding hydrogens is 242 g/mol. The number of alkyl halides is 1. The summed E-state index contributed by atoms with van der Waals surface area (Å²) in [6.07, 6.45) is 1.97. The minimum atomic E-state index is -0.00218. The van der Waals surface area contributed by atoms with Crippen molar-refractivity contribution >= 4 is 28.8 Å². The summed E-state index contributed by atoms with van der Waals surface area (Å²) in [7, 11) is 0. The maximum absolute atomic E-state index is 11.8. The molecule has 0 atom stereocenters. The number of amides is 1. The van der Waals surface area contributed by atoms with Gasteiger partial charge in [-0.1, -0.05) is 13.8 Å². The average Bonchev–Trinajstić information content (AvgIpc) is 2.85. The van der Waals surface area contributed by atoms with E-state index < -0.39 is 0 Å². The zero-order valence-corrected chi connectivity index (χ0v) is 11.3. The Morgan fingerprint density at radius 3 is 2.62 bits per heavy atom. The van der Waals surface area contributed by atoms with Crippen LogP contribution in [0.15, 0.2) is 16.8 Å². The number of halogens is 1. The number of hydrogen-bond donors (Lipinski definition) is 1. The van der Waals surface area contributed by atoms with E-state index in [9.17, 15) is 4.79 Å². The summed E-state index contributed by atoms with van der Waals surface area (Å²) in [5.74, 6) is 0.585. The van der Waals surface area contributed by atoms with Gasteiger partial charge in [-0.05, 0) is 24.3 Å². The van der Waals surface area contributed by atoms with Gasteiger partial charge in [0, 0.05) is 28.8 Å². The van der Waals surface area contributed by atoms with E-state index in [2.05, 4.69) is 19.2 Å². The van der Waals surface area contributed by atoms with Crippen LogP contribution in [0.25, 0.3) is 0 Å². The van der Waals surface area contributed by atoms with Gasteiger partial charge in [-0.15, -0.1) is 11.6 Å². The van der Waals surface area contributed by atoms with E-state index in [1.807, 2.05) is 16.8 Å². The molecule has 0 fully saturated rings. The van der Waals surface area contributed by atoms with Gasteiger partial charge in [-0.2, -0.15) is 11.3 Å². The van der Waals surface area contributed by atoms with Gasteiger partial charge in [0.15, 0.2) is 0 Å². The molecule has 0 unspecified atom stereocenters. The first-order valence-electron chi connectivity index (χ1n) is 5.54. The highest BCUT2D eigenvalue weighted by Gasteiger charge is 2.25. The van der Waals surface area contributed by atoms with Crippen LogP contribution in [0.5, 0.6) is 0 Å². The first-order chi connectivity index (χ1) is 7.67. The molecule has 0 saturated carbocycles. The van der Waals surface area contributed by atoms with Crippen molar-refractivity contribution in [1.82, 2.24) is 5.32 Å². The summed E-state index contributed by atoms with van der Waals surface area (Å²) >= 11 is 7.52. The molecule has 0 aliphatic rings. The highest BCUT2D eigenvalue weighted by atomic mass is 35.5. The molecule has 1 N–H and O–H groups in total. The van der Waals surface area contributed by atoms with Crippen LogP contribution in [0.1, 0.15) is 37.0 Å². The van der Waals surface area contributed by atoms with Crippen molar-refractivity contribution in [2.24, 2.45) is 5.41 Å². The summed E-state index contributed by atoms with van der Waals surface area (Å²) < 4.78 is 0. The van der Waals surface area contributed by atoms with Gasteiger partial charge >= 0.3 is 0 Å². The zero-order chi connectivity index (χ0) is 12.0. The van der Waals surface area contributed by atoms with E-state index in [-0.39, 0.29) is 11.3 Å². The van der Waals surface area contributed by atoms with Crippen molar-refractivity contribution in [3.63, 3.8) is 0 Å².